The Morgan fingerprint density at radius 3 is 2.60 bits per heavy atom. The fourth-order valence-corrected chi connectivity index (χ4v) is 2.60. The van der Waals surface area contributed by atoms with E-state index in [4.69, 9.17) is 0 Å². The number of aromatic nitrogens is 1. The predicted molar refractivity (Wildman–Crippen MR) is 82.7 cm³/mol. The summed E-state index contributed by atoms with van der Waals surface area (Å²) in [6.07, 6.45) is 5.82. The van der Waals surface area contributed by atoms with Gasteiger partial charge in [0.2, 0.25) is 0 Å². The fourth-order valence-electron chi connectivity index (χ4n) is 2.60. The van der Waals surface area contributed by atoms with E-state index in [0.29, 0.717) is 13.0 Å². The molecule has 1 aromatic carbocycles. The van der Waals surface area contributed by atoms with Crippen LogP contribution in [0.2, 0.25) is 0 Å². The monoisotopic (exact) mass is 275 g/mol. The van der Waals surface area contributed by atoms with Crippen LogP contribution in [-0.2, 0) is 6.54 Å². The molecule has 0 radical (unpaired) electrons. The highest BCUT2D eigenvalue weighted by molar-refractivity contribution is 5.79. The number of nitrogens with zero attached hydrogens (tertiary/aromatic N) is 1. The second-order valence-corrected chi connectivity index (χ2v) is 5.51. The van der Waals surface area contributed by atoms with Gasteiger partial charge in [0, 0.05) is 11.7 Å². The van der Waals surface area contributed by atoms with Gasteiger partial charge in [0.25, 0.3) is 0 Å². The molecule has 0 saturated heterocycles. The number of fused-ring (bicyclic) bond motifs is 1. The predicted octanol–water partition coefficient (Wildman–Crippen LogP) is 3.33. The van der Waals surface area contributed by atoms with E-state index in [2.05, 4.69) is 13.0 Å². The second-order valence-electron chi connectivity index (χ2n) is 5.51. The molecule has 2 unspecified atom stereocenters. The molecule has 110 valence electrons. The average Bonchev–Trinajstić information content (AvgIpc) is 2.87. The van der Waals surface area contributed by atoms with Crippen molar-refractivity contribution < 1.29 is 10.2 Å². The van der Waals surface area contributed by atoms with Crippen LogP contribution in [0.25, 0.3) is 10.9 Å². The van der Waals surface area contributed by atoms with Gasteiger partial charge in [-0.05, 0) is 23.9 Å². The van der Waals surface area contributed by atoms with E-state index in [1.54, 1.807) is 0 Å². The van der Waals surface area contributed by atoms with E-state index in [1.807, 2.05) is 35.0 Å². The third kappa shape index (κ3) is 3.84. The zero-order valence-corrected chi connectivity index (χ0v) is 12.2. The summed E-state index contributed by atoms with van der Waals surface area (Å²) in [4.78, 5) is 0. The molecule has 0 aliphatic rings. The van der Waals surface area contributed by atoms with Crippen molar-refractivity contribution in [2.24, 2.45) is 0 Å². The van der Waals surface area contributed by atoms with Crippen LogP contribution in [-0.4, -0.2) is 27.0 Å². The van der Waals surface area contributed by atoms with Crippen LogP contribution in [0, 0.1) is 0 Å². The molecule has 1 aromatic heterocycles. The van der Waals surface area contributed by atoms with Gasteiger partial charge in [-0.25, -0.2) is 0 Å². The topological polar surface area (TPSA) is 45.4 Å². The first kappa shape index (κ1) is 15.1. The van der Waals surface area contributed by atoms with Gasteiger partial charge in [-0.1, -0.05) is 50.8 Å². The highest BCUT2D eigenvalue weighted by Gasteiger charge is 2.16. The Balaban J connectivity index is 1.88. The molecular formula is C17H25NO2. The lowest BCUT2D eigenvalue weighted by molar-refractivity contribution is 0.00422. The van der Waals surface area contributed by atoms with Gasteiger partial charge < -0.3 is 14.8 Å². The highest BCUT2D eigenvalue weighted by atomic mass is 16.3. The van der Waals surface area contributed by atoms with Crippen LogP contribution in [0.1, 0.15) is 39.0 Å². The quantitative estimate of drug-likeness (QED) is 0.726. The van der Waals surface area contributed by atoms with E-state index < -0.39 is 12.2 Å². The largest absolute Gasteiger partial charge is 0.390 e. The fraction of sp³-hybridized carbons (Fsp3) is 0.529. The maximum absolute atomic E-state index is 10.1. The van der Waals surface area contributed by atoms with Gasteiger partial charge >= 0.3 is 0 Å². The van der Waals surface area contributed by atoms with Crippen LogP contribution >= 0.6 is 0 Å². The maximum atomic E-state index is 10.1. The first-order valence-corrected chi connectivity index (χ1v) is 7.62. The smallest absolute Gasteiger partial charge is 0.0977 e. The summed E-state index contributed by atoms with van der Waals surface area (Å²) in [6.45, 7) is 2.62. The molecule has 0 aliphatic heterocycles. The van der Waals surface area contributed by atoms with Gasteiger partial charge in [-0.15, -0.1) is 0 Å². The lowest BCUT2D eigenvalue weighted by Crippen LogP contribution is -2.30. The van der Waals surface area contributed by atoms with E-state index in [1.165, 1.54) is 12.8 Å². The van der Waals surface area contributed by atoms with Gasteiger partial charge in [0.15, 0.2) is 0 Å². The molecule has 2 aromatic rings. The number of hydrogen-bond acceptors (Lipinski definition) is 2. The first-order chi connectivity index (χ1) is 9.72. The SMILES string of the molecule is CCCCCCC(O)C(O)Cn1ccc2ccccc21. The molecule has 0 spiro atoms. The van der Waals surface area contributed by atoms with E-state index in [-0.39, 0.29) is 0 Å². The van der Waals surface area contributed by atoms with E-state index >= 15 is 0 Å². The third-order valence-electron chi connectivity index (χ3n) is 3.86. The molecule has 3 nitrogen and oxygen atoms in total. The highest BCUT2D eigenvalue weighted by Crippen LogP contribution is 2.17. The molecule has 3 heteroatoms. The Kier molecular flexibility index (Phi) is 5.62. The van der Waals surface area contributed by atoms with Crippen molar-refractivity contribution in [2.45, 2.75) is 57.8 Å². The summed E-state index contributed by atoms with van der Waals surface area (Å²) in [5.74, 6) is 0. The Hall–Kier alpha value is -1.32. The third-order valence-corrected chi connectivity index (χ3v) is 3.86. The molecule has 2 N–H and O–H groups in total. The summed E-state index contributed by atoms with van der Waals surface area (Å²) in [5.41, 5.74) is 1.10. The van der Waals surface area contributed by atoms with Crippen molar-refractivity contribution in [3.8, 4) is 0 Å². The van der Waals surface area contributed by atoms with Crippen LogP contribution in [0.5, 0.6) is 0 Å². The number of benzene rings is 1. The molecule has 2 rings (SSSR count). The van der Waals surface area contributed by atoms with Gasteiger partial charge in [0.05, 0.1) is 18.8 Å². The minimum absolute atomic E-state index is 0.447. The first-order valence-electron chi connectivity index (χ1n) is 7.62. The van der Waals surface area contributed by atoms with Crippen LogP contribution in [0.3, 0.4) is 0 Å². The molecule has 1 heterocycles. The molecule has 20 heavy (non-hydrogen) atoms. The summed E-state index contributed by atoms with van der Waals surface area (Å²) in [6, 6.07) is 10.1. The van der Waals surface area contributed by atoms with Gasteiger partial charge in [-0.2, -0.15) is 0 Å². The molecule has 0 amide bonds. The summed E-state index contributed by atoms with van der Waals surface area (Å²) < 4.78 is 2.01. The molecule has 0 fully saturated rings. The van der Waals surface area contributed by atoms with Crippen molar-refractivity contribution >= 4 is 10.9 Å². The van der Waals surface area contributed by atoms with Gasteiger partial charge in [0.1, 0.15) is 0 Å². The molecule has 0 saturated carbocycles. The van der Waals surface area contributed by atoms with Gasteiger partial charge in [-0.3, -0.25) is 0 Å². The Morgan fingerprint density at radius 1 is 1.00 bits per heavy atom. The lowest BCUT2D eigenvalue weighted by atomic mass is 10.1. The minimum atomic E-state index is -0.701. The van der Waals surface area contributed by atoms with Crippen molar-refractivity contribution in [1.82, 2.24) is 4.57 Å². The average molecular weight is 275 g/mol. The van der Waals surface area contributed by atoms with E-state index in [0.717, 1.165) is 23.7 Å². The van der Waals surface area contributed by atoms with Crippen LogP contribution in [0.15, 0.2) is 36.5 Å². The normalized spacial score (nSPS) is 14.6. The maximum Gasteiger partial charge on any atom is 0.0977 e. The van der Waals surface area contributed by atoms with Crippen LogP contribution < -0.4 is 0 Å². The summed E-state index contributed by atoms with van der Waals surface area (Å²) >= 11 is 0. The second kappa shape index (κ2) is 7.46. The van der Waals surface area contributed by atoms with E-state index in [9.17, 15) is 10.2 Å². The number of unbranched alkanes of at least 4 members (excludes halogenated alkanes) is 3. The summed E-state index contributed by atoms with van der Waals surface area (Å²) in [5, 5.41) is 21.3. The zero-order chi connectivity index (χ0) is 14.4. The minimum Gasteiger partial charge on any atom is -0.390 e. The standard InChI is InChI=1S/C17H25NO2/c1-2-3-4-5-10-16(19)17(20)13-18-12-11-14-8-6-7-9-15(14)18/h6-9,11-12,16-17,19-20H,2-5,10,13H2,1H3. The lowest BCUT2D eigenvalue weighted by Gasteiger charge is -2.19. The Labute approximate surface area is 120 Å². The van der Waals surface area contributed by atoms with Crippen molar-refractivity contribution in [3.63, 3.8) is 0 Å². The molecule has 0 bridgehead atoms. The van der Waals surface area contributed by atoms with Crippen LogP contribution in [0.4, 0.5) is 0 Å². The summed E-state index contributed by atoms with van der Waals surface area (Å²) in [7, 11) is 0. The van der Waals surface area contributed by atoms with Crippen molar-refractivity contribution in [2.75, 3.05) is 0 Å². The molecule has 0 aliphatic carbocycles. The number of aliphatic hydroxyl groups excluding tert-OH is 2. The number of para-hydroxylation sites is 1. The Morgan fingerprint density at radius 2 is 1.80 bits per heavy atom. The van der Waals surface area contributed by atoms with Crippen molar-refractivity contribution in [1.29, 1.82) is 0 Å². The molecule has 2 atom stereocenters. The molecular weight excluding hydrogens is 250 g/mol. The number of hydrogen-bond donors (Lipinski definition) is 2. The number of rotatable bonds is 8. The zero-order valence-electron chi connectivity index (χ0n) is 12.2. The number of aliphatic hydroxyl groups is 2. The Bertz CT molecular complexity index is 520. The van der Waals surface area contributed by atoms with Crippen molar-refractivity contribution in [3.05, 3.63) is 36.5 Å².